The van der Waals surface area contributed by atoms with Gasteiger partial charge in [0.1, 0.15) is 5.76 Å². The summed E-state index contributed by atoms with van der Waals surface area (Å²) in [5, 5.41) is 16.1. The molecule has 26 heavy (non-hydrogen) atoms. The standard InChI is InChI=1S/C17H22N6O2S/c1-9-14(10(2)23(6)21-9)18-16(24)12(4)26-17-20-19-15(22(17)5)13-7-8-25-11(13)3/h7-8,12H,1-6H3,(H,18,24)/t12-/m1/s1. The van der Waals surface area contributed by atoms with Gasteiger partial charge in [0.15, 0.2) is 11.0 Å². The Balaban J connectivity index is 1.74. The summed E-state index contributed by atoms with van der Waals surface area (Å²) in [5.41, 5.74) is 3.37. The molecule has 0 saturated heterocycles. The lowest BCUT2D eigenvalue weighted by Crippen LogP contribution is -2.23. The summed E-state index contributed by atoms with van der Waals surface area (Å²) < 4.78 is 8.96. The Labute approximate surface area is 156 Å². The molecule has 0 fully saturated rings. The molecule has 0 radical (unpaired) electrons. The number of thioether (sulfide) groups is 1. The molecular weight excluding hydrogens is 352 g/mol. The van der Waals surface area contributed by atoms with Crippen LogP contribution >= 0.6 is 11.8 Å². The fourth-order valence-electron chi connectivity index (χ4n) is 2.66. The van der Waals surface area contributed by atoms with E-state index in [1.54, 1.807) is 10.9 Å². The number of nitrogens with one attached hydrogen (secondary N) is 1. The zero-order valence-electron chi connectivity index (χ0n) is 15.7. The number of rotatable bonds is 5. The van der Waals surface area contributed by atoms with Gasteiger partial charge in [0.2, 0.25) is 5.91 Å². The quantitative estimate of drug-likeness (QED) is 0.691. The van der Waals surface area contributed by atoms with Crippen LogP contribution in [0.15, 0.2) is 21.9 Å². The number of aromatic nitrogens is 5. The number of amides is 1. The molecule has 0 spiro atoms. The van der Waals surface area contributed by atoms with Crippen LogP contribution in [0.3, 0.4) is 0 Å². The predicted octanol–water partition coefficient (Wildman–Crippen LogP) is 2.85. The van der Waals surface area contributed by atoms with Crippen LogP contribution in [0.2, 0.25) is 0 Å². The number of hydrogen-bond acceptors (Lipinski definition) is 6. The molecule has 0 saturated carbocycles. The van der Waals surface area contributed by atoms with Gasteiger partial charge in [0, 0.05) is 14.1 Å². The maximum atomic E-state index is 12.6. The van der Waals surface area contributed by atoms with E-state index in [9.17, 15) is 4.79 Å². The van der Waals surface area contributed by atoms with Crippen LogP contribution in [0, 0.1) is 20.8 Å². The van der Waals surface area contributed by atoms with E-state index in [2.05, 4.69) is 20.6 Å². The second-order valence-corrected chi connectivity index (χ2v) is 7.48. The van der Waals surface area contributed by atoms with Gasteiger partial charge in [-0.15, -0.1) is 10.2 Å². The summed E-state index contributed by atoms with van der Waals surface area (Å²) in [6.45, 7) is 7.53. The third-order valence-corrected chi connectivity index (χ3v) is 5.48. The van der Waals surface area contributed by atoms with Gasteiger partial charge in [0.25, 0.3) is 0 Å². The third kappa shape index (κ3) is 3.26. The zero-order valence-corrected chi connectivity index (χ0v) is 16.5. The third-order valence-electron chi connectivity index (χ3n) is 4.34. The molecule has 0 aliphatic heterocycles. The first-order valence-corrected chi connectivity index (χ1v) is 9.09. The number of carbonyl (C=O) groups excluding carboxylic acids is 1. The number of aryl methyl sites for hydroxylation is 3. The van der Waals surface area contributed by atoms with Gasteiger partial charge in [-0.2, -0.15) is 5.10 Å². The van der Waals surface area contributed by atoms with E-state index in [0.29, 0.717) is 11.0 Å². The van der Waals surface area contributed by atoms with Gasteiger partial charge < -0.3 is 14.3 Å². The van der Waals surface area contributed by atoms with Crippen molar-refractivity contribution in [2.75, 3.05) is 5.32 Å². The second kappa shape index (κ2) is 6.99. The molecule has 138 valence electrons. The fourth-order valence-corrected chi connectivity index (χ4v) is 3.47. The molecule has 3 aromatic rings. The van der Waals surface area contributed by atoms with Crippen molar-refractivity contribution < 1.29 is 9.21 Å². The minimum Gasteiger partial charge on any atom is -0.469 e. The fraction of sp³-hybridized carbons (Fsp3) is 0.412. The molecule has 1 amide bonds. The Hall–Kier alpha value is -2.55. The van der Waals surface area contributed by atoms with Crippen LogP contribution in [-0.2, 0) is 18.9 Å². The van der Waals surface area contributed by atoms with Crippen molar-refractivity contribution in [3.8, 4) is 11.4 Å². The normalized spacial score (nSPS) is 12.4. The van der Waals surface area contributed by atoms with Gasteiger partial charge >= 0.3 is 0 Å². The average Bonchev–Trinajstić information content (AvgIpc) is 3.23. The van der Waals surface area contributed by atoms with Crippen LogP contribution in [0.25, 0.3) is 11.4 Å². The Morgan fingerprint density at radius 2 is 2.00 bits per heavy atom. The van der Waals surface area contributed by atoms with Gasteiger partial charge in [-0.3, -0.25) is 9.48 Å². The molecule has 1 N–H and O–H groups in total. The van der Waals surface area contributed by atoms with Crippen LogP contribution in [0.4, 0.5) is 5.69 Å². The van der Waals surface area contributed by atoms with Crippen molar-refractivity contribution in [3.63, 3.8) is 0 Å². The first-order valence-electron chi connectivity index (χ1n) is 8.21. The molecule has 1 atom stereocenters. The van der Waals surface area contributed by atoms with Gasteiger partial charge in [-0.05, 0) is 33.8 Å². The molecule has 0 aromatic carbocycles. The Morgan fingerprint density at radius 3 is 2.58 bits per heavy atom. The molecule has 3 aromatic heterocycles. The Kier molecular flexibility index (Phi) is 4.90. The summed E-state index contributed by atoms with van der Waals surface area (Å²) >= 11 is 1.36. The lowest BCUT2D eigenvalue weighted by molar-refractivity contribution is -0.115. The first kappa shape index (κ1) is 18.2. The number of hydrogen-bond donors (Lipinski definition) is 1. The number of carbonyl (C=O) groups is 1. The van der Waals surface area contributed by atoms with Crippen molar-refractivity contribution in [3.05, 3.63) is 29.5 Å². The van der Waals surface area contributed by atoms with Crippen molar-refractivity contribution in [1.29, 1.82) is 0 Å². The number of nitrogens with zero attached hydrogens (tertiary/aromatic N) is 5. The zero-order chi connectivity index (χ0) is 19.0. The van der Waals surface area contributed by atoms with E-state index in [1.807, 2.05) is 52.4 Å². The lowest BCUT2D eigenvalue weighted by atomic mass is 10.2. The highest BCUT2D eigenvalue weighted by atomic mass is 32.2. The lowest BCUT2D eigenvalue weighted by Gasteiger charge is -2.12. The highest BCUT2D eigenvalue weighted by Crippen LogP contribution is 2.28. The molecule has 9 heteroatoms. The van der Waals surface area contributed by atoms with E-state index in [-0.39, 0.29) is 11.2 Å². The average molecular weight is 374 g/mol. The molecule has 8 nitrogen and oxygen atoms in total. The molecule has 3 rings (SSSR count). The minimum absolute atomic E-state index is 0.0989. The highest BCUT2D eigenvalue weighted by Gasteiger charge is 2.22. The van der Waals surface area contributed by atoms with Gasteiger partial charge in [-0.25, -0.2) is 0 Å². The predicted molar refractivity (Wildman–Crippen MR) is 100 cm³/mol. The van der Waals surface area contributed by atoms with Crippen LogP contribution in [0.5, 0.6) is 0 Å². The summed E-state index contributed by atoms with van der Waals surface area (Å²) in [5.74, 6) is 1.40. The van der Waals surface area contributed by atoms with E-state index in [4.69, 9.17) is 4.42 Å². The topological polar surface area (TPSA) is 90.8 Å². The summed E-state index contributed by atoms with van der Waals surface area (Å²) in [4.78, 5) is 12.6. The van der Waals surface area contributed by atoms with Crippen LogP contribution in [0.1, 0.15) is 24.1 Å². The van der Waals surface area contributed by atoms with Crippen LogP contribution in [-0.4, -0.2) is 35.7 Å². The minimum atomic E-state index is -0.338. The highest BCUT2D eigenvalue weighted by molar-refractivity contribution is 8.00. The van der Waals surface area contributed by atoms with E-state index >= 15 is 0 Å². The smallest absolute Gasteiger partial charge is 0.237 e. The summed E-state index contributed by atoms with van der Waals surface area (Å²) in [6, 6.07) is 1.86. The van der Waals surface area contributed by atoms with Gasteiger partial charge in [0.05, 0.1) is 34.2 Å². The maximum Gasteiger partial charge on any atom is 0.237 e. The van der Waals surface area contributed by atoms with Gasteiger partial charge in [-0.1, -0.05) is 11.8 Å². The Morgan fingerprint density at radius 1 is 1.27 bits per heavy atom. The first-order chi connectivity index (χ1) is 12.3. The second-order valence-electron chi connectivity index (χ2n) is 6.17. The van der Waals surface area contributed by atoms with E-state index in [0.717, 1.165) is 28.4 Å². The van der Waals surface area contributed by atoms with Crippen LogP contribution < -0.4 is 5.32 Å². The molecule has 0 aliphatic carbocycles. The molecule has 0 unspecified atom stereocenters. The van der Waals surface area contributed by atoms with Crippen molar-refractivity contribution in [2.45, 2.75) is 38.1 Å². The van der Waals surface area contributed by atoms with E-state index < -0.39 is 0 Å². The molecular formula is C17H22N6O2S. The molecule has 0 aliphatic rings. The number of furan rings is 1. The monoisotopic (exact) mass is 374 g/mol. The number of anilines is 1. The SMILES string of the molecule is Cc1nn(C)c(C)c1NC(=O)[C@@H](C)Sc1nnc(-c2ccoc2C)n1C. The van der Waals surface area contributed by atoms with Crippen molar-refractivity contribution >= 4 is 23.4 Å². The molecule has 0 bridgehead atoms. The maximum absolute atomic E-state index is 12.6. The van der Waals surface area contributed by atoms with E-state index in [1.165, 1.54) is 11.8 Å². The van der Waals surface area contributed by atoms with Crippen molar-refractivity contribution in [1.82, 2.24) is 24.5 Å². The summed E-state index contributed by atoms with van der Waals surface area (Å²) in [6.07, 6.45) is 1.63. The Bertz CT molecular complexity index is 955. The van der Waals surface area contributed by atoms with Crippen molar-refractivity contribution in [2.24, 2.45) is 14.1 Å². The molecule has 3 heterocycles. The largest absolute Gasteiger partial charge is 0.469 e. The summed E-state index contributed by atoms with van der Waals surface area (Å²) in [7, 11) is 3.74.